The van der Waals surface area contributed by atoms with Gasteiger partial charge in [0.25, 0.3) is 5.91 Å². The van der Waals surface area contributed by atoms with Gasteiger partial charge < -0.3 is 14.5 Å². The molecule has 104 valence electrons. The van der Waals surface area contributed by atoms with Crippen LogP contribution in [0, 0.1) is 5.82 Å². The fourth-order valence-electron chi connectivity index (χ4n) is 2.18. The minimum Gasteiger partial charge on any atom is -0.493 e. The molecule has 1 atom stereocenters. The van der Waals surface area contributed by atoms with E-state index < -0.39 is 0 Å². The van der Waals surface area contributed by atoms with Gasteiger partial charge in [-0.25, -0.2) is 4.39 Å². The van der Waals surface area contributed by atoms with Crippen LogP contribution in [0.5, 0.6) is 5.75 Å². The van der Waals surface area contributed by atoms with Crippen LogP contribution in [0.15, 0.2) is 39.4 Å². The summed E-state index contributed by atoms with van der Waals surface area (Å²) in [5, 5.41) is 2.83. The predicted octanol–water partition coefficient (Wildman–Crippen LogP) is 3.43. The van der Waals surface area contributed by atoms with Crippen LogP contribution in [0.4, 0.5) is 4.39 Å². The molecule has 0 saturated heterocycles. The molecule has 1 amide bonds. The number of rotatable bonds is 2. The van der Waals surface area contributed by atoms with Crippen molar-refractivity contribution in [3.05, 3.63) is 52.1 Å². The van der Waals surface area contributed by atoms with Gasteiger partial charge >= 0.3 is 0 Å². The first-order valence-corrected chi connectivity index (χ1v) is 6.91. The number of amides is 1. The van der Waals surface area contributed by atoms with Gasteiger partial charge in [-0.1, -0.05) is 0 Å². The van der Waals surface area contributed by atoms with Crippen LogP contribution in [0.3, 0.4) is 0 Å². The van der Waals surface area contributed by atoms with Gasteiger partial charge in [-0.15, -0.1) is 0 Å². The molecule has 4 nitrogen and oxygen atoms in total. The van der Waals surface area contributed by atoms with Crippen LogP contribution >= 0.6 is 15.9 Å². The van der Waals surface area contributed by atoms with E-state index in [1.807, 2.05) is 0 Å². The molecule has 1 unspecified atom stereocenters. The second kappa shape index (κ2) is 5.28. The number of nitrogens with one attached hydrogen (secondary N) is 1. The molecule has 0 bridgehead atoms. The highest BCUT2D eigenvalue weighted by Crippen LogP contribution is 2.32. The smallest absolute Gasteiger partial charge is 0.287 e. The van der Waals surface area contributed by atoms with Crippen molar-refractivity contribution in [3.63, 3.8) is 0 Å². The van der Waals surface area contributed by atoms with Crippen LogP contribution in [0.2, 0.25) is 0 Å². The van der Waals surface area contributed by atoms with E-state index in [2.05, 4.69) is 21.2 Å². The summed E-state index contributed by atoms with van der Waals surface area (Å²) in [5.74, 6) is 0.122. The van der Waals surface area contributed by atoms with Crippen LogP contribution in [0.1, 0.15) is 28.6 Å². The first kappa shape index (κ1) is 13.2. The highest BCUT2D eigenvalue weighted by atomic mass is 79.9. The van der Waals surface area contributed by atoms with Gasteiger partial charge in [-0.2, -0.15) is 0 Å². The van der Waals surface area contributed by atoms with Crippen molar-refractivity contribution >= 4 is 21.8 Å². The molecule has 1 aliphatic heterocycles. The van der Waals surface area contributed by atoms with E-state index in [1.54, 1.807) is 18.2 Å². The van der Waals surface area contributed by atoms with E-state index in [9.17, 15) is 9.18 Å². The Morgan fingerprint density at radius 3 is 2.95 bits per heavy atom. The standard InChI is InChI=1S/C14H11BrFNO3/c15-13-4-3-12(20-13)14(18)17-10-5-6-19-11-2-1-8(16)7-9(10)11/h1-4,7,10H,5-6H2,(H,17,18). The van der Waals surface area contributed by atoms with Crippen molar-refractivity contribution in [3.8, 4) is 5.75 Å². The molecular weight excluding hydrogens is 329 g/mol. The number of hydrogen-bond acceptors (Lipinski definition) is 3. The predicted molar refractivity (Wildman–Crippen MR) is 73.1 cm³/mol. The zero-order valence-electron chi connectivity index (χ0n) is 10.4. The summed E-state index contributed by atoms with van der Waals surface area (Å²) in [7, 11) is 0. The zero-order valence-corrected chi connectivity index (χ0v) is 11.9. The maximum absolute atomic E-state index is 13.3. The number of hydrogen-bond donors (Lipinski definition) is 1. The quantitative estimate of drug-likeness (QED) is 0.911. The highest BCUT2D eigenvalue weighted by Gasteiger charge is 2.25. The highest BCUT2D eigenvalue weighted by molar-refractivity contribution is 9.10. The van der Waals surface area contributed by atoms with Crippen LogP contribution < -0.4 is 10.1 Å². The van der Waals surface area contributed by atoms with Crippen LogP contribution in [-0.2, 0) is 0 Å². The summed E-state index contributed by atoms with van der Waals surface area (Å²) >= 11 is 3.14. The van der Waals surface area contributed by atoms with E-state index in [1.165, 1.54) is 12.1 Å². The molecule has 3 rings (SSSR count). The minimum atomic E-state index is -0.353. The summed E-state index contributed by atoms with van der Waals surface area (Å²) in [6, 6.07) is 7.24. The van der Waals surface area contributed by atoms with Gasteiger partial charge in [0.1, 0.15) is 11.6 Å². The third kappa shape index (κ3) is 2.56. The summed E-state index contributed by atoms with van der Waals surface area (Å²) in [6.45, 7) is 0.478. The maximum Gasteiger partial charge on any atom is 0.287 e. The maximum atomic E-state index is 13.3. The molecule has 6 heteroatoms. The van der Waals surface area contributed by atoms with Gasteiger partial charge in [0.2, 0.25) is 0 Å². The second-order valence-electron chi connectivity index (χ2n) is 4.45. The number of fused-ring (bicyclic) bond motifs is 1. The van der Waals surface area contributed by atoms with Crippen molar-refractivity contribution in [2.24, 2.45) is 0 Å². The van der Waals surface area contributed by atoms with Gasteiger partial charge in [0.15, 0.2) is 10.4 Å². The largest absolute Gasteiger partial charge is 0.493 e. The van der Waals surface area contributed by atoms with Crippen molar-refractivity contribution in [2.45, 2.75) is 12.5 Å². The normalized spacial score (nSPS) is 17.2. The molecule has 1 aromatic heterocycles. The lowest BCUT2D eigenvalue weighted by Gasteiger charge is -2.26. The van der Waals surface area contributed by atoms with Crippen LogP contribution in [-0.4, -0.2) is 12.5 Å². The van der Waals surface area contributed by atoms with Gasteiger partial charge in [0.05, 0.1) is 12.6 Å². The number of furan rings is 1. The SMILES string of the molecule is O=C(NC1CCOc2ccc(F)cc21)c1ccc(Br)o1. The second-order valence-corrected chi connectivity index (χ2v) is 5.23. The van der Waals surface area contributed by atoms with E-state index in [4.69, 9.17) is 9.15 Å². The van der Waals surface area contributed by atoms with Crippen molar-refractivity contribution in [1.29, 1.82) is 0 Å². The first-order valence-electron chi connectivity index (χ1n) is 6.12. The number of halogens is 2. The monoisotopic (exact) mass is 339 g/mol. The topological polar surface area (TPSA) is 51.5 Å². The molecule has 0 spiro atoms. The Morgan fingerprint density at radius 2 is 2.20 bits per heavy atom. The fraction of sp³-hybridized carbons (Fsp3) is 0.214. The average Bonchev–Trinajstić information content (AvgIpc) is 2.86. The minimum absolute atomic E-state index is 0.210. The molecule has 0 radical (unpaired) electrons. The number of carbonyl (C=O) groups excluding carboxylic acids is 1. The average molecular weight is 340 g/mol. The van der Waals surface area contributed by atoms with Crippen LogP contribution in [0.25, 0.3) is 0 Å². The van der Waals surface area contributed by atoms with E-state index in [0.29, 0.717) is 29.0 Å². The fourth-order valence-corrected chi connectivity index (χ4v) is 2.49. The Bertz CT molecular complexity index is 656. The van der Waals surface area contributed by atoms with E-state index in [0.717, 1.165) is 0 Å². The number of benzene rings is 1. The number of carbonyl (C=O) groups is 1. The Balaban J connectivity index is 1.82. The van der Waals surface area contributed by atoms with Gasteiger partial charge in [-0.3, -0.25) is 4.79 Å². The van der Waals surface area contributed by atoms with Crippen molar-refractivity contribution in [2.75, 3.05) is 6.61 Å². The zero-order chi connectivity index (χ0) is 14.1. The van der Waals surface area contributed by atoms with Crippen molar-refractivity contribution in [1.82, 2.24) is 5.32 Å². The van der Waals surface area contributed by atoms with Gasteiger partial charge in [-0.05, 0) is 46.3 Å². The molecule has 1 aliphatic rings. The lowest BCUT2D eigenvalue weighted by molar-refractivity contribution is 0.0895. The lowest BCUT2D eigenvalue weighted by Crippen LogP contribution is -2.32. The third-order valence-corrected chi connectivity index (χ3v) is 3.54. The molecule has 0 saturated carbocycles. The Kier molecular flexibility index (Phi) is 3.48. The molecule has 2 aromatic rings. The summed E-state index contributed by atoms with van der Waals surface area (Å²) in [5.41, 5.74) is 0.648. The summed E-state index contributed by atoms with van der Waals surface area (Å²) in [6.07, 6.45) is 0.587. The first-order chi connectivity index (χ1) is 9.63. The Labute approximate surface area is 123 Å². The molecule has 20 heavy (non-hydrogen) atoms. The summed E-state index contributed by atoms with van der Waals surface area (Å²) in [4.78, 5) is 12.1. The van der Waals surface area contributed by atoms with E-state index >= 15 is 0 Å². The molecule has 0 fully saturated rings. The van der Waals surface area contributed by atoms with Crippen molar-refractivity contribution < 1.29 is 18.3 Å². The number of ether oxygens (including phenoxy) is 1. The molecule has 1 aromatic carbocycles. The lowest BCUT2D eigenvalue weighted by atomic mass is 10.0. The Morgan fingerprint density at radius 1 is 1.35 bits per heavy atom. The molecule has 2 heterocycles. The molecular formula is C14H11BrFNO3. The summed E-state index contributed by atoms with van der Waals surface area (Å²) < 4.78 is 24.5. The third-order valence-electron chi connectivity index (χ3n) is 3.11. The molecule has 0 aliphatic carbocycles. The Hall–Kier alpha value is -1.82. The van der Waals surface area contributed by atoms with E-state index in [-0.39, 0.29) is 23.5 Å². The van der Waals surface area contributed by atoms with Gasteiger partial charge in [0, 0.05) is 12.0 Å². The molecule has 1 N–H and O–H groups in total.